The summed E-state index contributed by atoms with van der Waals surface area (Å²) in [5.74, 6) is -0.0181. The van der Waals surface area contributed by atoms with Gasteiger partial charge in [-0.25, -0.2) is 4.98 Å². The number of fused-ring (bicyclic) bond motifs is 1. The smallest absolute Gasteiger partial charge is 0.274 e. The Hall–Kier alpha value is -3.19. The van der Waals surface area contributed by atoms with Crippen molar-refractivity contribution in [3.8, 4) is 10.6 Å². The third kappa shape index (κ3) is 2.93. The monoisotopic (exact) mass is 389 g/mol. The predicted molar refractivity (Wildman–Crippen MR) is 108 cm³/mol. The fourth-order valence-electron chi connectivity index (χ4n) is 3.72. The Morgan fingerprint density at radius 3 is 2.86 bits per heavy atom. The molecule has 0 saturated carbocycles. The molecule has 1 aliphatic rings. The number of hydrogen-bond donors (Lipinski definition) is 2. The van der Waals surface area contributed by atoms with E-state index in [-0.39, 0.29) is 11.8 Å². The van der Waals surface area contributed by atoms with Gasteiger partial charge >= 0.3 is 0 Å². The molecule has 1 atom stereocenters. The zero-order valence-corrected chi connectivity index (χ0v) is 16.2. The molecule has 4 heterocycles. The summed E-state index contributed by atoms with van der Waals surface area (Å²) in [6.07, 6.45) is 1.71. The zero-order valence-electron chi connectivity index (χ0n) is 15.3. The summed E-state index contributed by atoms with van der Waals surface area (Å²) >= 11 is 1.68. The maximum atomic E-state index is 13.2. The van der Waals surface area contributed by atoms with Gasteiger partial charge in [-0.05, 0) is 30.7 Å². The fraction of sp³-hybridized carbons (Fsp3) is 0.190. The first kappa shape index (κ1) is 16.9. The van der Waals surface area contributed by atoms with Gasteiger partial charge < -0.3 is 9.88 Å². The van der Waals surface area contributed by atoms with E-state index >= 15 is 0 Å². The number of amides is 1. The molecule has 3 aromatic heterocycles. The lowest BCUT2D eigenvalue weighted by atomic mass is 9.91. The average Bonchev–Trinajstić information content (AvgIpc) is 3.47. The molecule has 5 rings (SSSR count). The van der Waals surface area contributed by atoms with Gasteiger partial charge in [0.2, 0.25) is 0 Å². The molecular formula is C21H19N5OS. The molecule has 28 heavy (non-hydrogen) atoms. The lowest BCUT2D eigenvalue weighted by Crippen LogP contribution is -2.39. The van der Waals surface area contributed by atoms with Crippen LogP contribution in [0.15, 0.2) is 54.9 Å². The number of H-pyrrole nitrogens is 2. The molecule has 1 aliphatic heterocycles. The van der Waals surface area contributed by atoms with Crippen molar-refractivity contribution in [3.05, 3.63) is 82.4 Å². The SMILES string of the molecule is Cc1ccc(-c2cc(C(=O)N3Cc4[nH]cnc4C(c4ccccc4)C3)n[nH]2)s1. The molecule has 1 unspecified atom stereocenters. The highest BCUT2D eigenvalue weighted by molar-refractivity contribution is 7.15. The minimum Gasteiger partial charge on any atom is -0.347 e. The minimum atomic E-state index is -0.0723. The minimum absolute atomic E-state index is 0.0542. The first-order chi connectivity index (χ1) is 13.7. The van der Waals surface area contributed by atoms with E-state index in [1.54, 1.807) is 17.7 Å². The van der Waals surface area contributed by atoms with Crippen molar-refractivity contribution in [2.45, 2.75) is 19.4 Å². The van der Waals surface area contributed by atoms with Gasteiger partial charge in [-0.2, -0.15) is 5.10 Å². The quantitative estimate of drug-likeness (QED) is 0.557. The highest BCUT2D eigenvalue weighted by Gasteiger charge is 2.32. The number of imidazole rings is 1. The van der Waals surface area contributed by atoms with E-state index in [1.165, 1.54) is 4.88 Å². The molecule has 0 fully saturated rings. The average molecular weight is 389 g/mol. The van der Waals surface area contributed by atoms with Crippen molar-refractivity contribution in [2.75, 3.05) is 6.54 Å². The summed E-state index contributed by atoms with van der Waals surface area (Å²) in [5, 5.41) is 7.29. The van der Waals surface area contributed by atoms with Gasteiger partial charge in [0.1, 0.15) is 0 Å². The van der Waals surface area contributed by atoms with Gasteiger partial charge in [0, 0.05) is 17.3 Å². The summed E-state index contributed by atoms with van der Waals surface area (Å²) < 4.78 is 0. The van der Waals surface area contributed by atoms with Gasteiger partial charge in [-0.1, -0.05) is 30.3 Å². The first-order valence-corrected chi connectivity index (χ1v) is 9.99. The number of carbonyl (C=O) groups is 1. The number of aryl methyl sites for hydroxylation is 1. The summed E-state index contributed by atoms with van der Waals surface area (Å²) in [6, 6.07) is 16.2. The Bertz CT molecular complexity index is 1130. The van der Waals surface area contributed by atoms with Gasteiger partial charge in [0.15, 0.2) is 5.69 Å². The Balaban J connectivity index is 1.44. The van der Waals surface area contributed by atoms with E-state index in [9.17, 15) is 4.79 Å². The molecule has 1 aromatic carbocycles. The van der Waals surface area contributed by atoms with E-state index in [4.69, 9.17) is 0 Å². The third-order valence-electron chi connectivity index (χ3n) is 5.13. The van der Waals surface area contributed by atoms with Crippen molar-refractivity contribution in [3.63, 3.8) is 0 Å². The van der Waals surface area contributed by atoms with Crippen molar-refractivity contribution >= 4 is 17.2 Å². The van der Waals surface area contributed by atoms with Crippen LogP contribution >= 0.6 is 11.3 Å². The molecule has 2 N–H and O–H groups in total. The largest absolute Gasteiger partial charge is 0.347 e. The highest BCUT2D eigenvalue weighted by atomic mass is 32.1. The summed E-state index contributed by atoms with van der Waals surface area (Å²) in [5.41, 5.74) is 4.48. The third-order valence-corrected chi connectivity index (χ3v) is 6.16. The van der Waals surface area contributed by atoms with Crippen LogP contribution < -0.4 is 0 Å². The Morgan fingerprint density at radius 1 is 1.21 bits per heavy atom. The summed E-state index contributed by atoms with van der Waals surface area (Å²) in [4.78, 5) is 25.0. The number of carbonyl (C=O) groups excluding carboxylic acids is 1. The van der Waals surface area contributed by atoms with E-state index in [2.05, 4.69) is 45.3 Å². The number of aromatic amines is 2. The second-order valence-corrected chi connectivity index (χ2v) is 8.28. The number of benzene rings is 1. The standard InChI is InChI=1S/C21H19N5OS/c1-13-7-8-19(28-13)16-9-17(25-24-16)21(27)26-10-15(14-5-3-2-4-6-14)20-18(11-26)22-12-23-20/h2-9,12,15H,10-11H2,1H3,(H,22,23)(H,24,25). The number of rotatable bonds is 3. The molecule has 140 valence electrons. The number of hydrogen-bond acceptors (Lipinski definition) is 4. The van der Waals surface area contributed by atoms with Gasteiger partial charge in [-0.15, -0.1) is 11.3 Å². The van der Waals surface area contributed by atoms with E-state index < -0.39 is 0 Å². The lowest BCUT2D eigenvalue weighted by Gasteiger charge is -2.31. The second-order valence-electron chi connectivity index (χ2n) is 6.99. The molecule has 7 heteroatoms. The Kier molecular flexibility index (Phi) is 4.09. The number of nitrogens with zero attached hydrogens (tertiary/aromatic N) is 3. The van der Waals surface area contributed by atoms with Crippen LogP contribution in [0.1, 0.15) is 38.2 Å². The van der Waals surface area contributed by atoms with E-state index in [1.807, 2.05) is 35.2 Å². The molecule has 0 bridgehead atoms. The van der Waals surface area contributed by atoms with Crippen LogP contribution in [-0.2, 0) is 6.54 Å². The molecular weight excluding hydrogens is 370 g/mol. The van der Waals surface area contributed by atoms with Gasteiger partial charge in [0.25, 0.3) is 5.91 Å². The van der Waals surface area contributed by atoms with Gasteiger partial charge in [-0.3, -0.25) is 9.89 Å². The van der Waals surface area contributed by atoms with Crippen LogP contribution in [0.25, 0.3) is 10.6 Å². The second kappa shape index (κ2) is 6.76. The lowest BCUT2D eigenvalue weighted by molar-refractivity contribution is 0.0716. The topological polar surface area (TPSA) is 77.7 Å². The molecule has 0 spiro atoms. The molecule has 0 radical (unpaired) electrons. The van der Waals surface area contributed by atoms with Crippen LogP contribution in [0, 0.1) is 6.92 Å². The molecule has 1 amide bonds. The number of nitrogens with one attached hydrogen (secondary N) is 2. The zero-order chi connectivity index (χ0) is 19.1. The van der Waals surface area contributed by atoms with E-state index in [0.29, 0.717) is 18.8 Å². The normalized spacial score (nSPS) is 16.2. The van der Waals surface area contributed by atoms with Crippen molar-refractivity contribution < 1.29 is 4.79 Å². The maximum Gasteiger partial charge on any atom is 0.274 e. The van der Waals surface area contributed by atoms with Crippen LogP contribution in [0.3, 0.4) is 0 Å². The maximum absolute atomic E-state index is 13.2. The van der Waals surface area contributed by atoms with Crippen LogP contribution in [-0.4, -0.2) is 37.5 Å². The molecule has 0 aliphatic carbocycles. The van der Waals surface area contributed by atoms with Crippen molar-refractivity contribution in [2.24, 2.45) is 0 Å². The van der Waals surface area contributed by atoms with Crippen LogP contribution in [0.5, 0.6) is 0 Å². The van der Waals surface area contributed by atoms with Crippen molar-refractivity contribution in [1.29, 1.82) is 0 Å². The van der Waals surface area contributed by atoms with Gasteiger partial charge in [0.05, 0.1) is 34.8 Å². The summed E-state index contributed by atoms with van der Waals surface area (Å²) in [7, 11) is 0. The Morgan fingerprint density at radius 2 is 2.07 bits per heavy atom. The van der Waals surface area contributed by atoms with E-state index in [0.717, 1.165) is 27.5 Å². The highest BCUT2D eigenvalue weighted by Crippen LogP contribution is 2.32. The number of thiophene rings is 1. The first-order valence-electron chi connectivity index (χ1n) is 9.17. The van der Waals surface area contributed by atoms with Crippen LogP contribution in [0.2, 0.25) is 0 Å². The van der Waals surface area contributed by atoms with Crippen LogP contribution in [0.4, 0.5) is 0 Å². The Labute approximate surface area is 166 Å². The number of aromatic nitrogens is 4. The fourth-order valence-corrected chi connectivity index (χ4v) is 4.56. The molecule has 4 aromatic rings. The predicted octanol–water partition coefficient (Wildman–Crippen LogP) is 3.96. The molecule has 6 nitrogen and oxygen atoms in total. The van der Waals surface area contributed by atoms with Crippen molar-refractivity contribution in [1.82, 2.24) is 25.1 Å². The molecule has 0 saturated heterocycles. The summed E-state index contributed by atoms with van der Waals surface area (Å²) in [6.45, 7) is 3.16.